The molecule has 0 saturated carbocycles. The van der Waals surface area contributed by atoms with Crippen molar-refractivity contribution in [3.63, 3.8) is 0 Å². The normalized spacial score (nSPS) is 18.1. The number of hydrogen-bond donors (Lipinski definition) is 2. The number of imidazole rings is 1. The molecule has 134 valence electrons. The molecule has 2 unspecified atom stereocenters. The van der Waals surface area contributed by atoms with Gasteiger partial charge >= 0.3 is 0 Å². The van der Waals surface area contributed by atoms with E-state index in [1.54, 1.807) is 0 Å². The molecular weight excluding hydrogens is 310 g/mol. The molecule has 0 bridgehead atoms. The Bertz CT molecular complexity index is 652. The SMILES string of the molecule is C=CCC(c1ncc[nH]1)N(CCCCN)C1CCCc2cccnc21. The van der Waals surface area contributed by atoms with Crippen LogP contribution < -0.4 is 5.73 Å². The molecule has 5 heteroatoms. The Kier molecular flexibility index (Phi) is 6.36. The number of aromatic nitrogens is 3. The Morgan fingerprint density at radius 1 is 1.36 bits per heavy atom. The lowest BCUT2D eigenvalue weighted by Gasteiger charge is -2.39. The zero-order valence-corrected chi connectivity index (χ0v) is 14.9. The summed E-state index contributed by atoms with van der Waals surface area (Å²) in [5.41, 5.74) is 8.36. The first-order valence-corrected chi connectivity index (χ1v) is 9.35. The number of aromatic amines is 1. The van der Waals surface area contributed by atoms with Crippen molar-refractivity contribution in [1.29, 1.82) is 0 Å². The van der Waals surface area contributed by atoms with Crippen LogP contribution in [-0.4, -0.2) is 32.9 Å². The highest BCUT2D eigenvalue weighted by atomic mass is 15.2. The summed E-state index contributed by atoms with van der Waals surface area (Å²) in [5, 5.41) is 0. The van der Waals surface area contributed by atoms with E-state index in [0.717, 1.165) is 51.0 Å². The maximum absolute atomic E-state index is 5.73. The van der Waals surface area contributed by atoms with Crippen LogP contribution in [0, 0.1) is 0 Å². The second-order valence-corrected chi connectivity index (χ2v) is 6.70. The summed E-state index contributed by atoms with van der Waals surface area (Å²) < 4.78 is 0. The summed E-state index contributed by atoms with van der Waals surface area (Å²) in [7, 11) is 0. The number of H-pyrrole nitrogens is 1. The second kappa shape index (κ2) is 8.92. The number of hydrogen-bond acceptors (Lipinski definition) is 4. The van der Waals surface area contributed by atoms with Crippen LogP contribution in [0.25, 0.3) is 0 Å². The molecule has 3 N–H and O–H groups in total. The third-order valence-corrected chi connectivity index (χ3v) is 5.06. The fourth-order valence-corrected chi connectivity index (χ4v) is 3.90. The molecule has 1 aliphatic carbocycles. The summed E-state index contributed by atoms with van der Waals surface area (Å²) in [6.07, 6.45) is 14.1. The Labute approximate surface area is 150 Å². The number of nitrogens with zero attached hydrogens (tertiary/aromatic N) is 3. The molecule has 2 atom stereocenters. The standard InChI is InChI=1S/C20H29N5/c1-2-7-18(20-23-13-14-24-20)25(15-4-3-11-21)17-10-5-8-16-9-6-12-22-19(16)17/h2,6,9,12-14,17-18H,1,3-5,7-8,10-11,15,21H2,(H,23,24). The molecule has 0 aliphatic heterocycles. The van der Waals surface area contributed by atoms with Gasteiger partial charge in [-0.1, -0.05) is 12.1 Å². The van der Waals surface area contributed by atoms with Crippen molar-refractivity contribution in [3.05, 3.63) is 60.5 Å². The van der Waals surface area contributed by atoms with Gasteiger partial charge in [0.25, 0.3) is 0 Å². The van der Waals surface area contributed by atoms with Gasteiger partial charge in [0.2, 0.25) is 0 Å². The van der Waals surface area contributed by atoms with Crippen molar-refractivity contribution in [1.82, 2.24) is 19.9 Å². The predicted molar refractivity (Wildman–Crippen MR) is 101 cm³/mol. The first-order valence-electron chi connectivity index (χ1n) is 9.35. The molecule has 3 rings (SSSR count). The van der Waals surface area contributed by atoms with Crippen LogP contribution in [0.4, 0.5) is 0 Å². The Balaban J connectivity index is 1.92. The summed E-state index contributed by atoms with van der Waals surface area (Å²) >= 11 is 0. The molecule has 2 aromatic heterocycles. The highest BCUT2D eigenvalue weighted by molar-refractivity contribution is 5.26. The molecule has 0 radical (unpaired) electrons. The van der Waals surface area contributed by atoms with E-state index >= 15 is 0 Å². The van der Waals surface area contributed by atoms with E-state index in [9.17, 15) is 0 Å². The van der Waals surface area contributed by atoms with E-state index in [4.69, 9.17) is 10.7 Å². The van der Waals surface area contributed by atoms with Gasteiger partial charge in [-0.05, 0) is 63.2 Å². The van der Waals surface area contributed by atoms with Crippen molar-refractivity contribution < 1.29 is 0 Å². The van der Waals surface area contributed by atoms with Gasteiger partial charge < -0.3 is 10.7 Å². The van der Waals surface area contributed by atoms with Crippen molar-refractivity contribution in [2.75, 3.05) is 13.1 Å². The van der Waals surface area contributed by atoms with E-state index in [1.807, 2.05) is 30.7 Å². The van der Waals surface area contributed by atoms with Crippen molar-refractivity contribution in [3.8, 4) is 0 Å². The second-order valence-electron chi connectivity index (χ2n) is 6.70. The Hall–Kier alpha value is -1.98. The van der Waals surface area contributed by atoms with Gasteiger partial charge in [0.05, 0.1) is 17.8 Å². The topological polar surface area (TPSA) is 70.8 Å². The van der Waals surface area contributed by atoms with Crippen LogP contribution in [0.3, 0.4) is 0 Å². The Morgan fingerprint density at radius 2 is 2.28 bits per heavy atom. The van der Waals surface area contributed by atoms with Gasteiger partial charge in [-0.3, -0.25) is 9.88 Å². The van der Waals surface area contributed by atoms with E-state index < -0.39 is 0 Å². The molecule has 0 aromatic carbocycles. The maximum Gasteiger partial charge on any atom is 0.123 e. The number of aryl methyl sites for hydroxylation is 1. The Morgan fingerprint density at radius 3 is 3.04 bits per heavy atom. The molecular formula is C20H29N5. The largest absolute Gasteiger partial charge is 0.347 e. The summed E-state index contributed by atoms with van der Waals surface area (Å²) in [4.78, 5) is 15.2. The van der Waals surface area contributed by atoms with Crippen molar-refractivity contribution in [2.24, 2.45) is 5.73 Å². The molecule has 2 heterocycles. The zero-order valence-electron chi connectivity index (χ0n) is 14.9. The molecule has 2 aromatic rings. The van der Waals surface area contributed by atoms with Crippen LogP contribution in [0.2, 0.25) is 0 Å². The fourth-order valence-electron chi connectivity index (χ4n) is 3.90. The summed E-state index contributed by atoms with van der Waals surface area (Å²) in [6, 6.07) is 4.80. The highest BCUT2D eigenvalue weighted by Crippen LogP contribution is 2.38. The smallest absolute Gasteiger partial charge is 0.123 e. The molecule has 0 saturated heterocycles. The van der Waals surface area contributed by atoms with E-state index in [2.05, 4.69) is 27.5 Å². The number of nitrogens with two attached hydrogens (primary N) is 1. The van der Waals surface area contributed by atoms with Crippen LogP contribution in [0.15, 0.2) is 43.4 Å². The minimum atomic E-state index is 0.197. The molecule has 0 amide bonds. The minimum Gasteiger partial charge on any atom is -0.347 e. The first kappa shape index (κ1) is 17.8. The van der Waals surface area contributed by atoms with Gasteiger partial charge in [0.1, 0.15) is 5.82 Å². The van der Waals surface area contributed by atoms with Crippen molar-refractivity contribution >= 4 is 0 Å². The lowest BCUT2D eigenvalue weighted by Crippen LogP contribution is -2.36. The predicted octanol–water partition coefficient (Wildman–Crippen LogP) is 3.54. The number of unbranched alkanes of at least 4 members (excludes halogenated alkanes) is 1. The highest BCUT2D eigenvalue weighted by Gasteiger charge is 2.32. The van der Waals surface area contributed by atoms with Gasteiger partial charge in [-0.15, -0.1) is 6.58 Å². The first-order chi connectivity index (χ1) is 12.3. The molecule has 5 nitrogen and oxygen atoms in total. The number of rotatable bonds is 9. The average Bonchev–Trinajstić information content (AvgIpc) is 3.18. The van der Waals surface area contributed by atoms with Crippen LogP contribution >= 0.6 is 0 Å². The zero-order chi connectivity index (χ0) is 17.5. The van der Waals surface area contributed by atoms with Gasteiger partial charge in [-0.2, -0.15) is 0 Å². The number of pyridine rings is 1. The summed E-state index contributed by atoms with van der Waals surface area (Å²) in [5.74, 6) is 1.01. The van der Waals surface area contributed by atoms with Crippen LogP contribution in [0.1, 0.15) is 61.3 Å². The van der Waals surface area contributed by atoms with Crippen molar-refractivity contribution in [2.45, 2.75) is 50.6 Å². The maximum atomic E-state index is 5.73. The molecule has 1 aliphatic rings. The molecule has 0 fully saturated rings. The van der Waals surface area contributed by atoms with Gasteiger partial charge in [0, 0.05) is 18.6 Å². The van der Waals surface area contributed by atoms with E-state index in [-0.39, 0.29) is 6.04 Å². The molecule has 0 spiro atoms. The van der Waals surface area contributed by atoms with Gasteiger partial charge in [0.15, 0.2) is 0 Å². The van der Waals surface area contributed by atoms with E-state index in [0.29, 0.717) is 6.04 Å². The lowest BCUT2D eigenvalue weighted by atomic mass is 9.89. The molecule has 25 heavy (non-hydrogen) atoms. The minimum absolute atomic E-state index is 0.197. The average molecular weight is 339 g/mol. The van der Waals surface area contributed by atoms with Crippen LogP contribution in [-0.2, 0) is 6.42 Å². The summed E-state index contributed by atoms with van der Waals surface area (Å²) in [6.45, 7) is 5.71. The monoisotopic (exact) mass is 339 g/mol. The number of nitrogens with one attached hydrogen (secondary N) is 1. The lowest BCUT2D eigenvalue weighted by molar-refractivity contribution is 0.109. The van der Waals surface area contributed by atoms with E-state index in [1.165, 1.54) is 17.7 Å². The van der Waals surface area contributed by atoms with Gasteiger partial charge in [-0.25, -0.2) is 4.98 Å². The third kappa shape index (κ3) is 4.17. The quantitative estimate of drug-likeness (QED) is 0.541. The fraction of sp³-hybridized carbons (Fsp3) is 0.500. The van der Waals surface area contributed by atoms with Crippen LogP contribution in [0.5, 0.6) is 0 Å². The number of fused-ring (bicyclic) bond motifs is 1. The third-order valence-electron chi connectivity index (χ3n) is 5.06.